The van der Waals surface area contributed by atoms with Gasteiger partial charge in [-0.05, 0) is 82.9 Å². The fraction of sp³-hybridized carbons (Fsp3) is 0.867. The van der Waals surface area contributed by atoms with Crippen LogP contribution in [0.5, 0.6) is 0 Å². The van der Waals surface area contributed by atoms with Crippen LogP contribution in [0, 0.1) is 11.8 Å². The molecular formula is C30H55N5O3S. The van der Waals surface area contributed by atoms with Gasteiger partial charge < -0.3 is 25.5 Å². The Morgan fingerprint density at radius 1 is 1.15 bits per heavy atom. The van der Waals surface area contributed by atoms with E-state index < -0.39 is 16.1 Å². The number of aliphatic hydroxyl groups excluding tert-OH is 1. The lowest BCUT2D eigenvalue weighted by molar-refractivity contribution is 0.158. The van der Waals surface area contributed by atoms with Gasteiger partial charge in [-0.25, -0.2) is 12.7 Å². The van der Waals surface area contributed by atoms with Crippen LogP contribution in [0.15, 0.2) is 24.0 Å². The highest BCUT2D eigenvalue weighted by atomic mass is 32.2. The minimum atomic E-state index is -3.27. The second kappa shape index (κ2) is 14.7. The zero-order valence-electron chi connectivity index (χ0n) is 24.7. The number of allylic oxidation sites excluding steroid dienone is 2. The van der Waals surface area contributed by atoms with E-state index in [9.17, 15) is 13.5 Å². The van der Waals surface area contributed by atoms with Gasteiger partial charge in [0.25, 0.3) is 0 Å². The van der Waals surface area contributed by atoms with Gasteiger partial charge >= 0.3 is 0 Å². The molecule has 2 heterocycles. The third-order valence-corrected chi connectivity index (χ3v) is 11.5. The van der Waals surface area contributed by atoms with Crippen molar-refractivity contribution in [1.29, 1.82) is 0 Å². The zero-order chi connectivity index (χ0) is 27.8. The van der Waals surface area contributed by atoms with Crippen molar-refractivity contribution in [2.45, 2.75) is 102 Å². The van der Waals surface area contributed by atoms with Crippen LogP contribution in [-0.4, -0.2) is 104 Å². The van der Waals surface area contributed by atoms with Gasteiger partial charge in [-0.15, -0.1) is 0 Å². The van der Waals surface area contributed by atoms with Gasteiger partial charge in [0.15, 0.2) is 0 Å². The minimum Gasteiger partial charge on any atom is -0.391 e. The molecule has 2 aliphatic carbocycles. The third-order valence-electron chi connectivity index (χ3n) is 9.50. The minimum absolute atomic E-state index is 0.248. The molecule has 4 rings (SSSR count). The first-order valence-corrected chi connectivity index (χ1v) is 17.2. The summed E-state index contributed by atoms with van der Waals surface area (Å²) in [6.07, 6.45) is 17.9. The monoisotopic (exact) mass is 565 g/mol. The Morgan fingerprint density at radius 2 is 2.00 bits per heavy atom. The van der Waals surface area contributed by atoms with Gasteiger partial charge in [-0.3, -0.25) is 0 Å². The summed E-state index contributed by atoms with van der Waals surface area (Å²) in [6, 6.07) is 1.95. The van der Waals surface area contributed by atoms with E-state index in [-0.39, 0.29) is 11.7 Å². The molecule has 4 aliphatic rings. The molecule has 2 unspecified atom stereocenters. The maximum absolute atomic E-state index is 12.8. The van der Waals surface area contributed by atoms with Crippen molar-refractivity contribution in [1.82, 2.24) is 24.7 Å². The van der Waals surface area contributed by atoms with Crippen LogP contribution >= 0.6 is 0 Å². The molecule has 0 aromatic rings. The van der Waals surface area contributed by atoms with Crippen molar-refractivity contribution in [2.75, 3.05) is 52.6 Å². The van der Waals surface area contributed by atoms with E-state index in [0.717, 1.165) is 70.5 Å². The quantitative estimate of drug-likeness (QED) is 0.279. The first-order chi connectivity index (χ1) is 18.7. The van der Waals surface area contributed by atoms with Crippen molar-refractivity contribution in [2.24, 2.45) is 11.8 Å². The number of nitrogens with zero attached hydrogens (tertiary/aromatic N) is 3. The van der Waals surface area contributed by atoms with Gasteiger partial charge in [0.05, 0.1) is 11.9 Å². The summed E-state index contributed by atoms with van der Waals surface area (Å²) >= 11 is 0. The molecule has 1 saturated carbocycles. The molecule has 8 nitrogen and oxygen atoms in total. The SMILES string of the molecule is C[C@@H]1CCC[C@H](CS(=O)(=O)N(C)CCC(O)CNC2=CCCC(NCCN(C)[C@H]3CC=CN4C[C@H]4C3)CC2)C1. The maximum Gasteiger partial charge on any atom is 0.214 e. The van der Waals surface area contributed by atoms with E-state index in [0.29, 0.717) is 37.5 Å². The summed E-state index contributed by atoms with van der Waals surface area (Å²) < 4.78 is 27.1. The van der Waals surface area contributed by atoms with Crippen LogP contribution in [-0.2, 0) is 10.0 Å². The molecule has 6 atom stereocenters. The molecule has 2 fully saturated rings. The smallest absolute Gasteiger partial charge is 0.214 e. The van der Waals surface area contributed by atoms with E-state index >= 15 is 0 Å². The van der Waals surface area contributed by atoms with E-state index in [4.69, 9.17) is 0 Å². The first kappa shape index (κ1) is 30.8. The van der Waals surface area contributed by atoms with Crippen LogP contribution in [0.4, 0.5) is 0 Å². The fourth-order valence-corrected chi connectivity index (χ4v) is 8.23. The van der Waals surface area contributed by atoms with Crippen LogP contribution in [0.2, 0.25) is 0 Å². The summed E-state index contributed by atoms with van der Waals surface area (Å²) in [5.74, 6) is 1.15. The van der Waals surface area contributed by atoms with Crippen LogP contribution in [0.25, 0.3) is 0 Å². The van der Waals surface area contributed by atoms with Crippen molar-refractivity contribution >= 4 is 10.0 Å². The number of fused-ring (bicyclic) bond motifs is 1. The molecule has 9 heteroatoms. The third kappa shape index (κ3) is 10.0. The van der Waals surface area contributed by atoms with Gasteiger partial charge in [-0.1, -0.05) is 31.9 Å². The van der Waals surface area contributed by atoms with E-state index in [1.807, 2.05) is 0 Å². The highest BCUT2D eigenvalue weighted by Crippen LogP contribution is 2.30. The van der Waals surface area contributed by atoms with Crippen LogP contribution < -0.4 is 10.6 Å². The molecule has 0 aromatic heterocycles. The molecule has 0 spiro atoms. The first-order valence-electron chi connectivity index (χ1n) is 15.6. The summed E-state index contributed by atoms with van der Waals surface area (Å²) in [6.45, 7) is 6.40. The normalized spacial score (nSPS) is 30.5. The van der Waals surface area contributed by atoms with Gasteiger partial charge in [0, 0.05) is 63.6 Å². The molecular weight excluding hydrogens is 510 g/mol. The summed E-state index contributed by atoms with van der Waals surface area (Å²) in [4.78, 5) is 4.97. The number of rotatable bonds is 14. The molecule has 1 saturated heterocycles. The zero-order valence-corrected chi connectivity index (χ0v) is 25.5. The Bertz CT molecular complexity index is 926. The second-order valence-corrected chi connectivity index (χ2v) is 15.0. The topological polar surface area (TPSA) is 87.9 Å². The number of hydrogen-bond donors (Lipinski definition) is 3. The number of nitrogens with one attached hydrogen (secondary N) is 2. The summed E-state index contributed by atoms with van der Waals surface area (Å²) in [5, 5.41) is 17.8. The Morgan fingerprint density at radius 3 is 2.82 bits per heavy atom. The summed E-state index contributed by atoms with van der Waals surface area (Å²) in [7, 11) is 0.658. The average Bonchev–Trinajstić information content (AvgIpc) is 3.68. The number of sulfonamides is 1. The lowest BCUT2D eigenvalue weighted by Crippen LogP contribution is -2.40. The highest BCUT2D eigenvalue weighted by molar-refractivity contribution is 7.89. The highest BCUT2D eigenvalue weighted by Gasteiger charge is 2.35. The molecule has 0 amide bonds. The van der Waals surface area contributed by atoms with Gasteiger partial charge in [-0.2, -0.15) is 0 Å². The van der Waals surface area contributed by atoms with Crippen molar-refractivity contribution in [3.63, 3.8) is 0 Å². The maximum atomic E-state index is 12.8. The Labute approximate surface area is 238 Å². The predicted molar refractivity (Wildman–Crippen MR) is 160 cm³/mol. The lowest BCUT2D eigenvalue weighted by Gasteiger charge is -2.28. The molecule has 224 valence electrons. The van der Waals surface area contributed by atoms with Crippen LogP contribution in [0.3, 0.4) is 0 Å². The van der Waals surface area contributed by atoms with E-state index in [2.05, 4.69) is 52.8 Å². The Hall–Kier alpha value is -1.13. The molecule has 2 aliphatic heterocycles. The number of aliphatic hydroxyl groups is 1. The molecule has 39 heavy (non-hydrogen) atoms. The van der Waals surface area contributed by atoms with Crippen molar-refractivity contribution < 1.29 is 13.5 Å². The molecule has 0 radical (unpaired) electrons. The lowest BCUT2D eigenvalue weighted by atomic mass is 9.83. The van der Waals surface area contributed by atoms with Gasteiger partial charge in [0.2, 0.25) is 10.0 Å². The Kier molecular flexibility index (Phi) is 11.6. The molecule has 0 bridgehead atoms. The average molecular weight is 566 g/mol. The van der Waals surface area contributed by atoms with E-state index in [1.165, 1.54) is 29.4 Å². The molecule has 3 N–H and O–H groups in total. The predicted octanol–water partition coefficient (Wildman–Crippen LogP) is 3.12. The van der Waals surface area contributed by atoms with Crippen molar-refractivity contribution in [3.8, 4) is 0 Å². The van der Waals surface area contributed by atoms with Crippen molar-refractivity contribution in [3.05, 3.63) is 24.0 Å². The van der Waals surface area contributed by atoms with Gasteiger partial charge in [0.1, 0.15) is 0 Å². The number of hydrogen-bond acceptors (Lipinski definition) is 7. The largest absolute Gasteiger partial charge is 0.391 e. The fourth-order valence-electron chi connectivity index (χ4n) is 6.70. The summed E-state index contributed by atoms with van der Waals surface area (Å²) in [5.41, 5.74) is 1.21. The van der Waals surface area contributed by atoms with E-state index in [1.54, 1.807) is 7.05 Å². The standard InChI is InChI=1S/C30H55N5O3S/c1-24-7-4-8-25(19-24)23-39(37,38)34(3)17-14-30(36)21-32-27-10-5-9-26(12-13-27)31-15-18-33(2)28-11-6-16-35-22-29(35)20-28/h6,10,16,24-26,28-32,36H,4-5,7-9,11-15,17-23H2,1-3H3/t24-,25+,26?,28+,29-,30?,35?/m1/s1. The Balaban J connectivity index is 1.07. The van der Waals surface area contributed by atoms with Crippen LogP contribution in [0.1, 0.15) is 77.6 Å². The number of likely N-dealkylation sites (N-methyl/N-ethyl adjacent to an activating group) is 1. The molecule has 0 aromatic carbocycles. The second-order valence-electron chi connectivity index (χ2n) is 12.9.